The second-order valence-electron chi connectivity index (χ2n) is 6.24. The lowest BCUT2D eigenvalue weighted by atomic mass is 9.92. The lowest BCUT2D eigenvalue weighted by Gasteiger charge is -2.18. The molecule has 0 unspecified atom stereocenters. The van der Waals surface area contributed by atoms with Gasteiger partial charge in [-0.05, 0) is 25.2 Å². The van der Waals surface area contributed by atoms with Crippen LogP contribution in [0.4, 0.5) is 0 Å². The Balaban J connectivity index is 0.00000200. The molecule has 4 nitrogen and oxygen atoms in total. The van der Waals surface area contributed by atoms with Crippen LogP contribution in [0.25, 0.3) is 0 Å². The molecule has 1 aromatic heterocycles. The predicted octanol–water partition coefficient (Wildman–Crippen LogP) is 2.86. The first-order valence-corrected chi connectivity index (χ1v) is 7.52. The molecule has 0 bridgehead atoms. The molecule has 1 saturated heterocycles. The second-order valence-corrected chi connectivity index (χ2v) is 6.24. The summed E-state index contributed by atoms with van der Waals surface area (Å²) in [5, 5.41) is 4.48. The summed E-state index contributed by atoms with van der Waals surface area (Å²) in [6.07, 6.45) is 3.16. The van der Waals surface area contributed by atoms with E-state index in [9.17, 15) is 0 Å². The van der Waals surface area contributed by atoms with Gasteiger partial charge in [-0.25, -0.2) is 0 Å². The molecule has 1 aliphatic heterocycles. The van der Waals surface area contributed by atoms with Gasteiger partial charge in [0.1, 0.15) is 0 Å². The van der Waals surface area contributed by atoms with E-state index < -0.39 is 0 Å². The van der Waals surface area contributed by atoms with Crippen LogP contribution in [-0.2, 0) is 13.1 Å². The molecule has 0 saturated carbocycles. The highest BCUT2D eigenvalue weighted by Gasteiger charge is 2.32. The highest BCUT2D eigenvalue weighted by molar-refractivity contribution is 5.85. The van der Waals surface area contributed by atoms with Crippen LogP contribution in [0.1, 0.15) is 38.4 Å². The molecule has 0 radical (unpaired) electrons. The summed E-state index contributed by atoms with van der Waals surface area (Å²) >= 11 is 0. The molecule has 21 heavy (non-hydrogen) atoms. The number of likely N-dealkylation sites (tertiary alicyclic amines) is 1. The van der Waals surface area contributed by atoms with Gasteiger partial charge in [-0.1, -0.05) is 20.8 Å². The average Bonchev–Trinajstić information content (AvgIpc) is 2.87. The molecule has 0 aliphatic carbocycles. The summed E-state index contributed by atoms with van der Waals surface area (Å²) in [5.41, 5.74) is 8.91. The molecule has 2 atom stereocenters. The van der Waals surface area contributed by atoms with Crippen molar-refractivity contribution in [2.45, 2.75) is 53.2 Å². The molecule has 1 aliphatic rings. The van der Waals surface area contributed by atoms with E-state index in [2.05, 4.69) is 42.4 Å². The van der Waals surface area contributed by atoms with Gasteiger partial charge in [-0.15, -0.1) is 24.8 Å². The van der Waals surface area contributed by atoms with Crippen molar-refractivity contribution >= 4 is 24.8 Å². The SMILES string of the molecule is CCCn1ncc(CN2C[C@H](C(C)C)[C@@H](N)C2)c1C.Cl.Cl. The van der Waals surface area contributed by atoms with Crippen LogP contribution in [0.2, 0.25) is 0 Å². The molecule has 1 fully saturated rings. The number of nitrogens with zero attached hydrogens (tertiary/aromatic N) is 3. The van der Waals surface area contributed by atoms with Crippen LogP contribution >= 0.6 is 24.8 Å². The van der Waals surface area contributed by atoms with Crippen molar-refractivity contribution in [2.75, 3.05) is 13.1 Å². The maximum absolute atomic E-state index is 6.25. The van der Waals surface area contributed by atoms with Crippen LogP contribution < -0.4 is 5.73 Å². The van der Waals surface area contributed by atoms with Gasteiger partial charge in [-0.2, -0.15) is 5.10 Å². The summed E-state index contributed by atoms with van der Waals surface area (Å²) in [6, 6.07) is 0.325. The van der Waals surface area contributed by atoms with E-state index in [1.165, 1.54) is 11.3 Å². The van der Waals surface area contributed by atoms with E-state index in [1.54, 1.807) is 0 Å². The van der Waals surface area contributed by atoms with Crippen LogP contribution in [-0.4, -0.2) is 33.8 Å². The molecule has 0 amide bonds. The standard InChI is InChI=1S/C15H28N4.2ClH/c1-5-6-19-12(4)13(7-17-19)8-18-9-14(11(2)3)15(16)10-18;;/h7,11,14-15H,5-6,8-10,16H2,1-4H3;2*1H/t14-,15+;;/m1../s1. The summed E-state index contributed by atoms with van der Waals surface area (Å²) in [4.78, 5) is 2.48. The minimum absolute atomic E-state index is 0. The van der Waals surface area contributed by atoms with E-state index in [-0.39, 0.29) is 24.8 Å². The molecular formula is C15H30Cl2N4. The van der Waals surface area contributed by atoms with Crippen LogP contribution in [0.15, 0.2) is 6.20 Å². The molecule has 0 aromatic carbocycles. The van der Waals surface area contributed by atoms with Gasteiger partial charge in [0, 0.05) is 43.5 Å². The third-order valence-electron chi connectivity index (χ3n) is 4.38. The van der Waals surface area contributed by atoms with E-state index in [0.29, 0.717) is 17.9 Å². The number of hydrogen-bond acceptors (Lipinski definition) is 3. The van der Waals surface area contributed by atoms with E-state index >= 15 is 0 Å². The van der Waals surface area contributed by atoms with Crippen molar-refractivity contribution < 1.29 is 0 Å². The molecule has 1 aromatic rings. The highest BCUT2D eigenvalue weighted by atomic mass is 35.5. The number of aryl methyl sites for hydroxylation is 1. The van der Waals surface area contributed by atoms with Crippen molar-refractivity contribution in [1.29, 1.82) is 0 Å². The van der Waals surface area contributed by atoms with Gasteiger partial charge in [-0.3, -0.25) is 9.58 Å². The smallest absolute Gasteiger partial charge is 0.0537 e. The average molecular weight is 337 g/mol. The maximum atomic E-state index is 6.25. The Morgan fingerprint density at radius 3 is 2.52 bits per heavy atom. The largest absolute Gasteiger partial charge is 0.326 e. The van der Waals surface area contributed by atoms with Crippen molar-refractivity contribution in [3.8, 4) is 0 Å². The summed E-state index contributed by atoms with van der Waals surface area (Å²) in [5.74, 6) is 1.30. The molecule has 0 spiro atoms. The van der Waals surface area contributed by atoms with Crippen LogP contribution in [0.5, 0.6) is 0 Å². The number of rotatable bonds is 5. The van der Waals surface area contributed by atoms with Crippen LogP contribution in [0, 0.1) is 18.8 Å². The molecule has 2 rings (SSSR count). The zero-order valence-corrected chi connectivity index (χ0v) is 15.2. The first-order valence-electron chi connectivity index (χ1n) is 7.52. The number of nitrogens with two attached hydrogens (primary N) is 1. The van der Waals surface area contributed by atoms with E-state index in [1.807, 2.05) is 6.20 Å². The first-order chi connectivity index (χ1) is 9.02. The minimum Gasteiger partial charge on any atom is -0.326 e. The maximum Gasteiger partial charge on any atom is 0.0537 e. The molecule has 2 N–H and O–H groups in total. The molecule has 6 heteroatoms. The topological polar surface area (TPSA) is 47.1 Å². The Kier molecular flexibility index (Phi) is 8.86. The number of aromatic nitrogens is 2. The first kappa shape index (κ1) is 20.7. The summed E-state index contributed by atoms with van der Waals surface area (Å²) < 4.78 is 2.12. The Hall–Kier alpha value is -0.290. The zero-order valence-electron chi connectivity index (χ0n) is 13.6. The van der Waals surface area contributed by atoms with E-state index in [0.717, 1.165) is 32.6 Å². The Morgan fingerprint density at radius 1 is 1.33 bits per heavy atom. The number of halogens is 2. The Bertz CT molecular complexity index is 420. The van der Waals surface area contributed by atoms with Crippen LogP contribution in [0.3, 0.4) is 0 Å². The molecule has 2 heterocycles. The van der Waals surface area contributed by atoms with Crippen molar-refractivity contribution in [1.82, 2.24) is 14.7 Å². The third-order valence-corrected chi connectivity index (χ3v) is 4.38. The monoisotopic (exact) mass is 336 g/mol. The summed E-state index contributed by atoms with van der Waals surface area (Å²) in [6.45, 7) is 13.1. The third kappa shape index (κ3) is 4.85. The van der Waals surface area contributed by atoms with Crippen molar-refractivity contribution in [3.63, 3.8) is 0 Å². The number of hydrogen-bond donors (Lipinski definition) is 1. The van der Waals surface area contributed by atoms with Crippen molar-refractivity contribution in [3.05, 3.63) is 17.5 Å². The fourth-order valence-electron chi connectivity index (χ4n) is 3.09. The summed E-state index contributed by atoms with van der Waals surface area (Å²) in [7, 11) is 0. The normalized spacial score (nSPS) is 22.2. The molecule has 124 valence electrons. The van der Waals surface area contributed by atoms with Gasteiger partial charge >= 0.3 is 0 Å². The highest BCUT2D eigenvalue weighted by Crippen LogP contribution is 2.24. The molecular weight excluding hydrogens is 307 g/mol. The van der Waals surface area contributed by atoms with Gasteiger partial charge in [0.2, 0.25) is 0 Å². The zero-order chi connectivity index (χ0) is 14.0. The van der Waals surface area contributed by atoms with Gasteiger partial charge in [0.05, 0.1) is 6.20 Å². The fraction of sp³-hybridized carbons (Fsp3) is 0.800. The Morgan fingerprint density at radius 2 is 2.00 bits per heavy atom. The lowest BCUT2D eigenvalue weighted by molar-refractivity contribution is 0.295. The predicted molar refractivity (Wildman–Crippen MR) is 93.3 cm³/mol. The minimum atomic E-state index is 0. The second kappa shape index (κ2) is 8.99. The Labute approximate surface area is 141 Å². The fourth-order valence-corrected chi connectivity index (χ4v) is 3.09. The quantitative estimate of drug-likeness (QED) is 0.899. The van der Waals surface area contributed by atoms with Gasteiger partial charge < -0.3 is 5.73 Å². The van der Waals surface area contributed by atoms with E-state index in [4.69, 9.17) is 5.73 Å². The lowest BCUT2D eigenvalue weighted by Crippen LogP contribution is -2.32. The van der Waals surface area contributed by atoms with Gasteiger partial charge in [0.25, 0.3) is 0 Å². The van der Waals surface area contributed by atoms with Gasteiger partial charge in [0.15, 0.2) is 0 Å². The van der Waals surface area contributed by atoms with Crippen molar-refractivity contribution in [2.24, 2.45) is 17.6 Å².